The molecule has 12 heavy (non-hydrogen) atoms. The molecule has 6 heteroatoms. The number of halogens is 3. The van der Waals surface area contributed by atoms with Gasteiger partial charge in [0, 0.05) is 6.54 Å². The van der Waals surface area contributed by atoms with Crippen LogP contribution in [0.1, 0.15) is 13.3 Å². The Balaban J connectivity index is 4.46. The minimum absolute atomic E-state index is 0.526. The average molecular weight is 185 g/mol. The summed E-state index contributed by atoms with van der Waals surface area (Å²) < 4.78 is 35.3. The van der Waals surface area contributed by atoms with Gasteiger partial charge in [-0.2, -0.15) is 13.2 Å². The molecule has 0 spiro atoms. The summed E-state index contributed by atoms with van der Waals surface area (Å²) in [6.07, 6.45) is -5.89. The smallest absolute Gasteiger partial charge is 0.390 e. The predicted octanol–water partition coefficient (Wildman–Crippen LogP) is 0.988. The van der Waals surface area contributed by atoms with Crippen LogP contribution in [0.5, 0.6) is 0 Å². The highest BCUT2D eigenvalue weighted by molar-refractivity contribution is 5.74. The first-order valence-electron chi connectivity index (χ1n) is 3.21. The van der Waals surface area contributed by atoms with E-state index in [9.17, 15) is 18.0 Å². The van der Waals surface area contributed by atoms with E-state index in [2.05, 4.69) is 0 Å². The lowest BCUT2D eigenvalue weighted by atomic mass is 9.87. The van der Waals surface area contributed by atoms with Crippen molar-refractivity contribution in [2.24, 2.45) is 11.1 Å². The largest absolute Gasteiger partial charge is 0.481 e. The van der Waals surface area contributed by atoms with Crippen LogP contribution in [0.25, 0.3) is 0 Å². The molecule has 0 fully saturated rings. The van der Waals surface area contributed by atoms with Crippen molar-refractivity contribution < 1.29 is 23.1 Å². The quantitative estimate of drug-likeness (QED) is 0.689. The van der Waals surface area contributed by atoms with E-state index in [1.54, 1.807) is 0 Å². The summed E-state index contributed by atoms with van der Waals surface area (Å²) in [5.41, 5.74) is 3.03. The van der Waals surface area contributed by atoms with Gasteiger partial charge in [-0.15, -0.1) is 0 Å². The van der Waals surface area contributed by atoms with E-state index in [0.717, 1.165) is 6.92 Å². The number of carboxylic acid groups (broad SMARTS) is 1. The van der Waals surface area contributed by atoms with Crippen molar-refractivity contribution >= 4 is 5.97 Å². The molecule has 0 amide bonds. The van der Waals surface area contributed by atoms with Gasteiger partial charge in [0.1, 0.15) is 0 Å². The van der Waals surface area contributed by atoms with Gasteiger partial charge in [0.05, 0.1) is 11.8 Å². The maximum absolute atomic E-state index is 11.8. The van der Waals surface area contributed by atoms with Gasteiger partial charge in [0.25, 0.3) is 0 Å². The van der Waals surface area contributed by atoms with E-state index in [-0.39, 0.29) is 0 Å². The normalized spacial score (nSPS) is 17.1. The number of aliphatic carboxylic acids is 1. The molecule has 1 atom stereocenters. The maximum atomic E-state index is 11.8. The molecule has 3 N–H and O–H groups in total. The Hall–Kier alpha value is -0.780. The van der Waals surface area contributed by atoms with Crippen LogP contribution in [0.15, 0.2) is 0 Å². The SMILES string of the molecule is CC(CN)(CC(F)(F)F)C(=O)O. The maximum Gasteiger partial charge on any atom is 0.390 e. The monoisotopic (exact) mass is 185 g/mol. The summed E-state index contributed by atoms with van der Waals surface area (Å²) in [5.74, 6) is -1.53. The van der Waals surface area contributed by atoms with Crippen molar-refractivity contribution in [1.82, 2.24) is 0 Å². The molecule has 0 bridgehead atoms. The highest BCUT2D eigenvalue weighted by atomic mass is 19.4. The predicted molar refractivity (Wildman–Crippen MR) is 35.5 cm³/mol. The molecule has 0 aromatic rings. The highest BCUT2D eigenvalue weighted by Crippen LogP contribution is 2.32. The van der Waals surface area contributed by atoms with Crippen LogP contribution in [0.4, 0.5) is 13.2 Å². The molecule has 1 unspecified atom stereocenters. The molecule has 0 aliphatic rings. The minimum atomic E-state index is -4.49. The Morgan fingerprint density at radius 2 is 1.92 bits per heavy atom. The van der Waals surface area contributed by atoms with Gasteiger partial charge >= 0.3 is 12.1 Å². The van der Waals surface area contributed by atoms with Gasteiger partial charge in [-0.3, -0.25) is 4.79 Å². The van der Waals surface area contributed by atoms with Crippen LogP contribution in [-0.4, -0.2) is 23.8 Å². The van der Waals surface area contributed by atoms with Crippen molar-refractivity contribution in [1.29, 1.82) is 0 Å². The first kappa shape index (κ1) is 11.2. The standard InChI is InChI=1S/C6H10F3NO2/c1-5(3-10,4(11)12)2-6(7,8)9/h2-3,10H2,1H3,(H,11,12). The lowest BCUT2D eigenvalue weighted by molar-refractivity contribution is -0.175. The Bertz CT molecular complexity index is 180. The molecule has 0 radical (unpaired) electrons. The van der Waals surface area contributed by atoms with Gasteiger partial charge in [0.2, 0.25) is 0 Å². The molecule has 0 aromatic carbocycles. The third kappa shape index (κ3) is 3.08. The highest BCUT2D eigenvalue weighted by Gasteiger charge is 2.43. The first-order valence-corrected chi connectivity index (χ1v) is 3.21. The minimum Gasteiger partial charge on any atom is -0.481 e. The third-order valence-electron chi connectivity index (χ3n) is 1.56. The fourth-order valence-corrected chi connectivity index (χ4v) is 0.677. The first-order chi connectivity index (χ1) is 5.21. The zero-order valence-electron chi connectivity index (χ0n) is 6.48. The third-order valence-corrected chi connectivity index (χ3v) is 1.56. The van der Waals surface area contributed by atoms with Crippen molar-refractivity contribution in [2.45, 2.75) is 19.5 Å². The fourth-order valence-electron chi connectivity index (χ4n) is 0.677. The molecular formula is C6H10F3NO2. The van der Waals surface area contributed by atoms with Crippen LogP contribution in [0.3, 0.4) is 0 Å². The van der Waals surface area contributed by atoms with Crippen LogP contribution in [0, 0.1) is 5.41 Å². The molecule has 0 aliphatic carbocycles. The van der Waals surface area contributed by atoms with Gasteiger partial charge in [-0.25, -0.2) is 0 Å². The number of carboxylic acids is 1. The van der Waals surface area contributed by atoms with Crippen molar-refractivity contribution in [3.8, 4) is 0 Å². The number of hydrogen-bond donors (Lipinski definition) is 2. The number of carbonyl (C=O) groups is 1. The van der Waals surface area contributed by atoms with Crippen LogP contribution in [0.2, 0.25) is 0 Å². The summed E-state index contributed by atoms with van der Waals surface area (Å²) in [7, 11) is 0. The van der Waals surface area contributed by atoms with E-state index in [0.29, 0.717) is 0 Å². The molecule has 0 aromatic heterocycles. The van der Waals surface area contributed by atoms with Gasteiger partial charge in [0.15, 0.2) is 0 Å². The molecule has 3 nitrogen and oxygen atoms in total. The van der Waals surface area contributed by atoms with Gasteiger partial charge < -0.3 is 10.8 Å². The summed E-state index contributed by atoms with van der Waals surface area (Å²) in [6, 6.07) is 0. The second kappa shape index (κ2) is 3.30. The molecule has 0 heterocycles. The van der Waals surface area contributed by atoms with Crippen LogP contribution in [-0.2, 0) is 4.79 Å². The van der Waals surface area contributed by atoms with Crippen LogP contribution >= 0.6 is 0 Å². The summed E-state index contributed by atoms with van der Waals surface area (Å²) >= 11 is 0. The molecule has 0 rings (SSSR count). The van der Waals surface area contributed by atoms with E-state index in [4.69, 9.17) is 10.8 Å². The number of alkyl halides is 3. The lowest BCUT2D eigenvalue weighted by Crippen LogP contribution is -2.39. The van der Waals surface area contributed by atoms with E-state index in [1.165, 1.54) is 0 Å². The van der Waals surface area contributed by atoms with Crippen molar-refractivity contribution in [2.75, 3.05) is 6.54 Å². The molecule has 0 saturated carbocycles. The zero-order valence-corrected chi connectivity index (χ0v) is 6.48. The van der Waals surface area contributed by atoms with Gasteiger partial charge in [-0.1, -0.05) is 0 Å². The van der Waals surface area contributed by atoms with E-state index < -0.39 is 30.5 Å². The Kier molecular flexibility index (Phi) is 3.09. The van der Waals surface area contributed by atoms with Gasteiger partial charge in [-0.05, 0) is 6.92 Å². The molecule has 0 aliphatic heterocycles. The Labute approximate surface area is 67.4 Å². The van der Waals surface area contributed by atoms with Crippen molar-refractivity contribution in [3.05, 3.63) is 0 Å². The van der Waals surface area contributed by atoms with Crippen molar-refractivity contribution in [3.63, 3.8) is 0 Å². The number of rotatable bonds is 3. The summed E-state index contributed by atoms with van der Waals surface area (Å²) in [6.45, 7) is 0.449. The topological polar surface area (TPSA) is 63.3 Å². The summed E-state index contributed by atoms with van der Waals surface area (Å²) in [4.78, 5) is 10.4. The average Bonchev–Trinajstić information content (AvgIpc) is 1.83. The molecule has 72 valence electrons. The Morgan fingerprint density at radius 1 is 1.50 bits per heavy atom. The van der Waals surface area contributed by atoms with E-state index in [1.807, 2.05) is 0 Å². The lowest BCUT2D eigenvalue weighted by Gasteiger charge is -2.23. The second-order valence-corrected chi connectivity index (χ2v) is 2.86. The number of hydrogen-bond acceptors (Lipinski definition) is 2. The van der Waals surface area contributed by atoms with Crippen LogP contribution < -0.4 is 5.73 Å². The second-order valence-electron chi connectivity index (χ2n) is 2.86. The fraction of sp³-hybridized carbons (Fsp3) is 0.833. The van der Waals surface area contributed by atoms with E-state index >= 15 is 0 Å². The number of nitrogens with two attached hydrogens (primary N) is 1. The summed E-state index contributed by atoms with van der Waals surface area (Å²) in [5, 5.41) is 8.42. The molecular weight excluding hydrogens is 175 g/mol. The Morgan fingerprint density at radius 3 is 2.00 bits per heavy atom. The zero-order chi connectivity index (χ0) is 9.99. The molecule has 0 saturated heterocycles.